The molecule has 4 N–H and O–H groups in total. The second-order valence-electron chi connectivity index (χ2n) is 9.18. The Balaban J connectivity index is 1.33. The van der Waals surface area contributed by atoms with E-state index in [1.165, 1.54) is 24.2 Å². The normalized spacial score (nSPS) is 16.9. The fourth-order valence-electron chi connectivity index (χ4n) is 4.44. The molecule has 0 radical (unpaired) electrons. The van der Waals surface area contributed by atoms with E-state index in [4.69, 9.17) is 11.6 Å². The van der Waals surface area contributed by atoms with Crippen molar-refractivity contribution in [1.29, 1.82) is 0 Å². The van der Waals surface area contributed by atoms with Gasteiger partial charge in [0.2, 0.25) is 11.8 Å². The summed E-state index contributed by atoms with van der Waals surface area (Å²) in [5.74, 6) is -0.530. The number of ether oxygens (including phenoxy) is 1. The van der Waals surface area contributed by atoms with Gasteiger partial charge in [-0.05, 0) is 52.4 Å². The van der Waals surface area contributed by atoms with Gasteiger partial charge in [-0.2, -0.15) is 4.68 Å². The third-order valence-corrected chi connectivity index (χ3v) is 6.66. The minimum atomic E-state index is -0.617. The first-order valence-corrected chi connectivity index (χ1v) is 13.0. The molecule has 0 unspecified atom stereocenters. The molecule has 0 saturated heterocycles. The summed E-state index contributed by atoms with van der Waals surface area (Å²) in [5.41, 5.74) is 4.72. The highest BCUT2D eigenvalue weighted by atomic mass is 35.5. The molecule has 210 valence electrons. The van der Waals surface area contributed by atoms with Crippen LogP contribution in [0.4, 0.5) is 16.2 Å². The summed E-state index contributed by atoms with van der Waals surface area (Å²) in [5, 5.41) is 23.5. The topological polar surface area (TPSA) is 165 Å². The lowest BCUT2D eigenvalue weighted by Crippen LogP contribution is -2.47. The highest BCUT2D eigenvalue weighted by molar-refractivity contribution is 6.30. The summed E-state index contributed by atoms with van der Waals surface area (Å²) >= 11 is 6.19. The maximum absolute atomic E-state index is 13.0. The van der Waals surface area contributed by atoms with Gasteiger partial charge in [-0.25, -0.2) is 4.79 Å². The number of carbonyl (C=O) groups excluding carboxylic acids is 3. The van der Waals surface area contributed by atoms with E-state index in [2.05, 4.69) is 46.5 Å². The van der Waals surface area contributed by atoms with Crippen molar-refractivity contribution >= 4 is 58.2 Å². The van der Waals surface area contributed by atoms with Gasteiger partial charge in [-0.15, -0.1) is 5.10 Å². The molecule has 0 spiro atoms. The molecular formula is C27H26ClN9O4. The van der Waals surface area contributed by atoms with Crippen molar-refractivity contribution in [3.63, 3.8) is 0 Å². The lowest BCUT2D eigenvalue weighted by Gasteiger charge is -2.21. The number of tetrazole rings is 1. The van der Waals surface area contributed by atoms with E-state index in [9.17, 15) is 14.4 Å². The Morgan fingerprint density at radius 1 is 1.22 bits per heavy atom. The van der Waals surface area contributed by atoms with Gasteiger partial charge in [0.15, 0.2) is 0 Å². The van der Waals surface area contributed by atoms with E-state index in [1.807, 2.05) is 0 Å². The van der Waals surface area contributed by atoms with Crippen LogP contribution in [0.25, 0.3) is 17.3 Å². The molecule has 3 amide bonds. The Kier molecular flexibility index (Phi) is 8.46. The molecule has 0 aliphatic carbocycles. The van der Waals surface area contributed by atoms with Crippen LogP contribution in [0.1, 0.15) is 24.0 Å². The highest BCUT2D eigenvalue weighted by Crippen LogP contribution is 2.33. The van der Waals surface area contributed by atoms with Crippen LogP contribution in [-0.4, -0.2) is 70.1 Å². The zero-order valence-corrected chi connectivity index (χ0v) is 22.7. The number of halogens is 1. The Labute approximate surface area is 239 Å². The average molecular weight is 576 g/mol. The van der Waals surface area contributed by atoms with E-state index in [0.717, 1.165) is 16.8 Å². The Morgan fingerprint density at radius 3 is 2.90 bits per heavy atom. The van der Waals surface area contributed by atoms with Crippen molar-refractivity contribution < 1.29 is 19.1 Å². The maximum Gasteiger partial charge on any atom is 0.411 e. The number of aromatic nitrogens is 4. The number of hydrogen-bond donors (Lipinski definition) is 4. The summed E-state index contributed by atoms with van der Waals surface area (Å²) in [7, 11) is 1.27. The fourth-order valence-corrected chi connectivity index (χ4v) is 4.62. The van der Waals surface area contributed by atoms with Crippen molar-refractivity contribution in [2.45, 2.75) is 18.9 Å². The number of allylic oxidation sites excluding steroid dienone is 1. The molecule has 1 aromatic heterocycles. The van der Waals surface area contributed by atoms with Gasteiger partial charge in [-0.1, -0.05) is 17.7 Å². The SMILES string of the molecule is COC(=O)Nc1ccc2c(c1)NC(=O)CCNC[C@H](NC(=O)/C=C/c1cc(Cl)ccc1-n1cnnn1)C1=NC=C2C1. The molecule has 2 aromatic carbocycles. The zero-order valence-electron chi connectivity index (χ0n) is 21.9. The quantitative estimate of drug-likeness (QED) is 0.337. The van der Waals surface area contributed by atoms with E-state index in [-0.39, 0.29) is 18.2 Å². The van der Waals surface area contributed by atoms with Gasteiger partial charge in [-0.3, -0.25) is 19.9 Å². The van der Waals surface area contributed by atoms with Crippen molar-refractivity contribution in [2.24, 2.45) is 4.99 Å². The number of rotatable bonds is 5. The van der Waals surface area contributed by atoms with Gasteiger partial charge in [0.1, 0.15) is 6.33 Å². The number of hydrogen-bond acceptors (Lipinski definition) is 9. The van der Waals surface area contributed by atoms with Crippen LogP contribution in [0.2, 0.25) is 5.02 Å². The molecule has 14 heteroatoms. The maximum atomic E-state index is 13.0. The minimum Gasteiger partial charge on any atom is -0.453 e. The predicted molar refractivity (Wildman–Crippen MR) is 154 cm³/mol. The zero-order chi connectivity index (χ0) is 28.8. The van der Waals surface area contributed by atoms with Gasteiger partial charge in [0.25, 0.3) is 0 Å². The molecule has 0 fully saturated rings. The summed E-state index contributed by atoms with van der Waals surface area (Å²) in [6, 6.07) is 9.96. The van der Waals surface area contributed by atoms with Crippen LogP contribution >= 0.6 is 11.6 Å². The fraction of sp³-hybridized carbons (Fsp3) is 0.222. The van der Waals surface area contributed by atoms with Crippen molar-refractivity contribution in [3.8, 4) is 5.69 Å². The molecule has 13 nitrogen and oxygen atoms in total. The van der Waals surface area contributed by atoms with E-state index >= 15 is 0 Å². The first kappa shape index (κ1) is 27.7. The van der Waals surface area contributed by atoms with Gasteiger partial charge in [0.05, 0.1) is 24.5 Å². The molecular weight excluding hydrogens is 550 g/mol. The monoisotopic (exact) mass is 575 g/mol. The third-order valence-electron chi connectivity index (χ3n) is 6.42. The number of fused-ring (bicyclic) bond motifs is 4. The second-order valence-corrected chi connectivity index (χ2v) is 9.62. The van der Waals surface area contributed by atoms with E-state index in [0.29, 0.717) is 47.2 Å². The summed E-state index contributed by atoms with van der Waals surface area (Å²) in [6.45, 7) is 0.767. The Bertz CT molecular complexity index is 1570. The molecule has 2 bridgehead atoms. The summed E-state index contributed by atoms with van der Waals surface area (Å²) in [4.78, 5) is 42.0. The molecule has 0 saturated carbocycles. The molecule has 3 aromatic rings. The lowest BCUT2D eigenvalue weighted by atomic mass is 9.97. The number of carbonyl (C=O) groups is 3. The van der Waals surface area contributed by atoms with Crippen molar-refractivity contribution in [2.75, 3.05) is 30.8 Å². The predicted octanol–water partition coefficient (Wildman–Crippen LogP) is 2.81. The summed E-state index contributed by atoms with van der Waals surface area (Å²) in [6.07, 6.45) is 6.28. The smallest absolute Gasteiger partial charge is 0.411 e. The second kappa shape index (κ2) is 12.5. The number of nitrogens with one attached hydrogen (secondary N) is 4. The number of anilines is 2. The van der Waals surface area contributed by atoms with Crippen LogP contribution in [-0.2, 0) is 14.3 Å². The molecule has 2 aliphatic rings. The van der Waals surface area contributed by atoms with Gasteiger partial charge >= 0.3 is 6.09 Å². The lowest BCUT2D eigenvalue weighted by molar-refractivity contribution is -0.117. The average Bonchev–Trinajstić information content (AvgIpc) is 3.66. The van der Waals surface area contributed by atoms with Crippen LogP contribution in [0.5, 0.6) is 0 Å². The van der Waals surface area contributed by atoms with Crippen LogP contribution in [0.15, 0.2) is 60.0 Å². The number of aliphatic imine (C=N–C) groups is 1. The van der Waals surface area contributed by atoms with Crippen LogP contribution in [0.3, 0.4) is 0 Å². The molecule has 2 aliphatic heterocycles. The van der Waals surface area contributed by atoms with Gasteiger partial charge in [0, 0.05) is 65.8 Å². The third kappa shape index (κ3) is 6.83. The molecule has 1 atom stereocenters. The van der Waals surface area contributed by atoms with Crippen LogP contribution < -0.4 is 21.3 Å². The van der Waals surface area contributed by atoms with Gasteiger partial charge < -0.3 is 20.7 Å². The van der Waals surface area contributed by atoms with E-state index < -0.39 is 12.1 Å². The molecule has 3 heterocycles. The number of methoxy groups -OCH3 is 1. The summed E-state index contributed by atoms with van der Waals surface area (Å²) < 4.78 is 6.14. The van der Waals surface area contributed by atoms with Crippen LogP contribution in [0, 0.1) is 0 Å². The standard InChI is InChI=1S/C27H26ClN9O4/c1-41-27(40)32-19-4-5-20-17-11-22(30-13-17)23(14-29-9-8-26(39)33-21(20)12-19)34-25(38)7-2-16-10-18(28)3-6-24(16)37-15-31-35-36-37/h2-7,10,12-13,15,23,29H,8-9,11,14H2,1H3,(H,32,40)(H,33,39)(H,34,38)/b7-2+/t23-/m0/s1. The first-order chi connectivity index (χ1) is 19.9. The molecule has 5 rings (SSSR count). The van der Waals surface area contributed by atoms with Crippen molar-refractivity contribution in [3.05, 3.63) is 71.2 Å². The number of amides is 3. The molecule has 41 heavy (non-hydrogen) atoms. The Hall–Kier alpha value is -4.88. The number of nitrogens with zero attached hydrogens (tertiary/aromatic N) is 5. The minimum absolute atomic E-state index is 0.197. The number of benzene rings is 2. The van der Waals surface area contributed by atoms with Crippen molar-refractivity contribution in [1.82, 2.24) is 30.8 Å². The first-order valence-electron chi connectivity index (χ1n) is 12.7. The highest BCUT2D eigenvalue weighted by Gasteiger charge is 2.25. The Morgan fingerprint density at radius 2 is 2.10 bits per heavy atom. The largest absolute Gasteiger partial charge is 0.453 e. The van der Waals surface area contributed by atoms with E-state index in [1.54, 1.807) is 48.7 Å².